The van der Waals surface area contributed by atoms with E-state index in [4.69, 9.17) is 15.9 Å². The molecule has 0 aromatic carbocycles. The molecule has 0 aromatic heterocycles. The zero-order chi connectivity index (χ0) is 22.2. The average Bonchev–Trinajstić information content (AvgIpc) is 2.69. The second kappa shape index (κ2) is 28.1. The van der Waals surface area contributed by atoms with Crippen molar-refractivity contribution in [2.24, 2.45) is 5.73 Å². The molecule has 0 saturated heterocycles. The van der Waals surface area contributed by atoms with Crippen molar-refractivity contribution in [3.63, 3.8) is 0 Å². The summed E-state index contributed by atoms with van der Waals surface area (Å²) in [4.78, 5) is 30.0. The molecule has 0 aliphatic heterocycles. The van der Waals surface area contributed by atoms with Crippen molar-refractivity contribution in [1.29, 1.82) is 0 Å². The van der Waals surface area contributed by atoms with Crippen LogP contribution in [0.25, 0.3) is 0 Å². The first kappa shape index (κ1) is 33.7. The number of aldehydes is 1. The molecule has 0 aromatic rings. The van der Waals surface area contributed by atoms with Crippen LogP contribution in [-0.2, 0) is 14.4 Å². The molecule has 0 radical (unpaired) electrons. The molecule has 0 aliphatic rings. The number of hydrogen-bond acceptors (Lipinski definition) is 4. The Morgan fingerprint density at radius 3 is 1.43 bits per heavy atom. The lowest BCUT2D eigenvalue weighted by molar-refractivity contribution is -0.139. The number of unbranched alkanes of at least 4 members (excludes halogenated alkanes) is 15. The maximum atomic E-state index is 10.1. The highest BCUT2D eigenvalue weighted by molar-refractivity contribution is 5.75. The Morgan fingerprint density at radius 1 is 0.767 bits per heavy atom. The van der Waals surface area contributed by atoms with E-state index in [2.05, 4.69) is 6.92 Å². The zero-order valence-electron chi connectivity index (χ0n) is 18.6. The van der Waals surface area contributed by atoms with E-state index in [1.165, 1.54) is 89.9 Å². The van der Waals surface area contributed by atoms with Gasteiger partial charge in [0.25, 0.3) is 0 Å². The van der Waals surface area contributed by atoms with Crippen LogP contribution in [0.3, 0.4) is 0 Å². The molecule has 1 atom stereocenters. The molecule has 6 nitrogen and oxygen atoms in total. The average molecular weight is 446 g/mol. The van der Waals surface area contributed by atoms with Gasteiger partial charge in [0.1, 0.15) is 12.3 Å². The summed E-state index contributed by atoms with van der Waals surface area (Å²) in [5, 5.41) is 16.3. The van der Waals surface area contributed by atoms with Crippen molar-refractivity contribution in [2.75, 3.05) is 0 Å². The number of carbonyl (C=O) groups excluding carboxylic acids is 1. The number of hydrogen-bond donors (Lipinski definition) is 3. The second-order valence-corrected chi connectivity index (χ2v) is 7.78. The van der Waals surface area contributed by atoms with Crippen LogP contribution in [0, 0.1) is 0 Å². The molecule has 0 spiro atoms. The van der Waals surface area contributed by atoms with Gasteiger partial charge in [-0.3, -0.25) is 9.59 Å². The van der Waals surface area contributed by atoms with Gasteiger partial charge in [0, 0.05) is 12.8 Å². The second-order valence-electron chi connectivity index (χ2n) is 7.78. The fourth-order valence-electron chi connectivity index (χ4n) is 3.00. The molecule has 0 fully saturated rings. The van der Waals surface area contributed by atoms with Gasteiger partial charge in [0.05, 0.1) is 0 Å². The number of aliphatic carboxylic acids is 2. The lowest BCUT2D eigenvalue weighted by Crippen LogP contribution is -2.30. The lowest BCUT2D eigenvalue weighted by atomic mass is 10.0. The molecule has 0 saturated carbocycles. The molecular formula is C23H48AlNO5. The number of carboxylic acid groups (broad SMARTS) is 2. The van der Waals surface area contributed by atoms with Crippen LogP contribution in [0.2, 0.25) is 0 Å². The topological polar surface area (TPSA) is 118 Å². The fraction of sp³-hybridized carbons (Fsp3) is 0.870. The summed E-state index contributed by atoms with van der Waals surface area (Å²) >= 11 is 0. The number of rotatable bonds is 20. The van der Waals surface area contributed by atoms with Crippen molar-refractivity contribution >= 4 is 35.6 Å². The Bertz CT molecular complexity index is 394. The standard InChI is InChI=1S/C18H36O.C5H9NO4.Al.3H/c1-2-3-4-5-6-7-8-9-10-11-12-13-14-15-16-17-18-19;6-3(5(9)10)1-2-4(7)8;;;;/h18H,2-17H2,1H3;3H,1-2,6H2,(H,7,8)(H,9,10);;;;. The molecule has 0 bridgehead atoms. The van der Waals surface area contributed by atoms with E-state index in [0.717, 1.165) is 19.1 Å². The van der Waals surface area contributed by atoms with Gasteiger partial charge in [-0.2, -0.15) is 0 Å². The fourth-order valence-corrected chi connectivity index (χ4v) is 3.00. The van der Waals surface area contributed by atoms with Crippen LogP contribution < -0.4 is 5.73 Å². The molecule has 7 heteroatoms. The van der Waals surface area contributed by atoms with Crippen LogP contribution in [-0.4, -0.2) is 51.8 Å². The summed E-state index contributed by atoms with van der Waals surface area (Å²) in [6.45, 7) is 2.28. The van der Waals surface area contributed by atoms with Gasteiger partial charge in [-0.15, -0.1) is 0 Å². The first-order valence-corrected chi connectivity index (χ1v) is 11.6. The molecular weight excluding hydrogens is 397 g/mol. The van der Waals surface area contributed by atoms with E-state index in [-0.39, 0.29) is 30.2 Å². The van der Waals surface area contributed by atoms with Crippen LogP contribution in [0.4, 0.5) is 0 Å². The largest absolute Gasteiger partial charge is 0.481 e. The monoisotopic (exact) mass is 445 g/mol. The Morgan fingerprint density at radius 2 is 1.13 bits per heavy atom. The van der Waals surface area contributed by atoms with Gasteiger partial charge in [-0.05, 0) is 12.8 Å². The minimum absolute atomic E-state index is 0. The van der Waals surface area contributed by atoms with E-state index in [1.54, 1.807) is 0 Å². The third-order valence-corrected chi connectivity index (χ3v) is 4.91. The SMILES string of the molecule is CCCCCCCCCCCCCCCCCC=O.NC(CCC(=O)O)C(=O)O.[AlH3]. The van der Waals surface area contributed by atoms with Crippen LogP contribution in [0.15, 0.2) is 0 Å². The smallest absolute Gasteiger partial charge is 0.320 e. The first-order valence-electron chi connectivity index (χ1n) is 11.6. The maximum absolute atomic E-state index is 10.1. The molecule has 0 heterocycles. The molecule has 0 amide bonds. The number of nitrogens with two attached hydrogens (primary N) is 1. The van der Waals surface area contributed by atoms with Gasteiger partial charge < -0.3 is 20.7 Å². The third-order valence-electron chi connectivity index (χ3n) is 4.91. The van der Waals surface area contributed by atoms with Crippen molar-refractivity contribution < 1.29 is 24.6 Å². The molecule has 178 valence electrons. The normalized spacial score (nSPS) is 11.0. The summed E-state index contributed by atoms with van der Waals surface area (Å²) in [7, 11) is 0. The summed E-state index contributed by atoms with van der Waals surface area (Å²) < 4.78 is 0. The van der Waals surface area contributed by atoms with Gasteiger partial charge in [-0.1, -0.05) is 96.8 Å². The van der Waals surface area contributed by atoms with E-state index < -0.39 is 18.0 Å². The quantitative estimate of drug-likeness (QED) is 0.144. The predicted molar refractivity (Wildman–Crippen MR) is 128 cm³/mol. The van der Waals surface area contributed by atoms with Gasteiger partial charge >= 0.3 is 11.9 Å². The third kappa shape index (κ3) is 31.8. The molecule has 0 aliphatic carbocycles. The van der Waals surface area contributed by atoms with Crippen LogP contribution in [0.1, 0.15) is 122 Å². The van der Waals surface area contributed by atoms with Crippen molar-refractivity contribution in [2.45, 2.75) is 129 Å². The predicted octanol–water partition coefficient (Wildman–Crippen LogP) is 4.53. The number of carboxylic acids is 2. The van der Waals surface area contributed by atoms with Gasteiger partial charge in [0.2, 0.25) is 0 Å². The zero-order valence-corrected chi connectivity index (χ0v) is 18.6. The van der Waals surface area contributed by atoms with Crippen molar-refractivity contribution in [1.82, 2.24) is 0 Å². The molecule has 4 N–H and O–H groups in total. The van der Waals surface area contributed by atoms with Crippen molar-refractivity contribution in [3.05, 3.63) is 0 Å². The van der Waals surface area contributed by atoms with Gasteiger partial charge in [-0.25, -0.2) is 0 Å². The van der Waals surface area contributed by atoms with E-state index in [1.807, 2.05) is 0 Å². The van der Waals surface area contributed by atoms with Crippen LogP contribution >= 0.6 is 0 Å². The summed E-state index contributed by atoms with van der Waals surface area (Å²) in [5.41, 5.74) is 5.00. The molecule has 30 heavy (non-hydrogen) atoms. The van der Waals surface area contributed by atoms with Crippen molar-refractivity contribution in [3.8, 4) is 0 Å². The highest BCUT2D eigenvalue weighted by Crippen LogP contribution is 2.13. The minimum Gasteiger partial charge on any atom is -0.481 e. The van der Waals surface area contributed by atoms with E-state index in [9.17, 15) is 14.4 Å². The summed E-state index contributed by atoms with van der Waals surface area (Å²) in [6.07, 6.45) is 22.4. The van der Waals surface area contributed by atoms with Gasteiger partial charge in [0.15, 0.2) is 17.4 Å². The number of carbonyl (C=O) groups is 3. The minimum atomic E-state index is -1.17. The lowest BCUT2D eigenvalue weighted by Gasteiger charge is -2.02. The summed E-state index contributed by atoms with van der Waals surface area (Å²) in [6, 6.07) is -1.06. The van der Waals surface area contributed by atoms with E-state index in [0.29, 0.717) is 0 Å². The Hall–Kier alpha value is -0.898. The molecule has 1 unspecified atom stereocenters. The Balaban J connectivity index is -0.000000563. The first-order chi connectivity index (χ1) is 14.0. The molecule has 0 rings (SSSR count). The Kier molecular flexibility index (Phi) is 31.6. The summed E-state index contributed by atoms with van der Waals surface area (Å²) in [5.74, 6) is -2.20. The van der Waals surface area contributed by atoms with E-state index >= 15 is 0 Å². The highest BCUT2D eigenvalue weighted by atomic mass is 27.0. The Labute approximate surface area is 194 Å². The van der Waals surface area contributed by atoms with Crippen LogP contribution in [0.5, 0.6) is 0 Å². The maximum Gasteiger partial charge on any atom is 0.320 e. The highest BCUT2D eigenvalue weighted by Gasteiger charge is 2.12.